The van der Waals surface area contributed by atoms with Crippen LogP contribution in [0.5, 0.6) is 0 Å². The van der Waals surface area contributed by atoms with E-state index in [9.17, 15) is 9.59 Å². The average Bonchev–Trinajstić information content (AvgIpc) is 2.77. The molecule has 1 heterocycles. The minimum absolute atomic E-state index is 0.0264. The number of nitrogens with two attached hydrogens (primary N) is 1. The van der Waals surface area contributed by atoms with E-state index in [0.29, 0.717) is 5.02 Å². The summed E-state index contributed by atoms with van der Waals surface area (Å²) in [7, 11) is 0. The van der Waals surface area contributed by atoms with E-state index in [1.165, 1.54) is 35.1 Å². The van der Waals surface area contributed by atoms with Crippen molar-refractivity contribution in [2.24, 2.45) is 5.73 Å². The van der Waals surface area contributed by atoms with E-state index in [2.05, 4.69) is 5.10 Å². The molecule has 1 aromatic heterocycles. The van der Waals surface area contributed by atoms with Gasteiger partial charge in [0, 0.05) is 11.2 Å². The lowest BCUT2D eigenvalue weighted by atomic mass is 10.2. The molecule has 2 rings (SSSR count). The van der Waals surface area contributed by atoms with Crippen molar-refractivity contribution < 1.29 is 14.7 Å². The summed E-state index contributed by atoms with van der Waals surface area (Å²) in [4.78, 5) is 22.0. The minimum atomic E-state index is -1.11. The molecule has 0 saturated carbocycles. The highest BCUT2D eigenvalue weighted by atomic mass is 35.5. The molecule has 0 aliphatic heterocycles. The summed E-state index contributed by atoms with van der Waals surface area (Å²) in [5.74, 6) is -1.80. The van der Waals surface area contributed by atoms with Crippen LogP contribution in [0.15, 0.2) is 30.5 Å². The molecule has 2 aromatic rings. The van der Waals surface area contributed by atoms with Crippen molar-refractivity contribution in [2.45, 2.75) is 0 Å². The lowest BCUT2D eigenvalue weighted by molar-refractivity contribution is 0.0696. The Morgan fingerprint density at radius 2 is 2.06 bits per heavy atom. The minimum Gasteiger partial charge on any atom is -0.478 e. The van der Waals surface area contributed by atoms with Crippen molar-refractivity contribution in [2.75, 3.05) is 0 Å². The molecule has 0 unspecified atom stereocenters. The number of carbonyl (C=O) groups is 2. The number of halogens is 1. The fourth-order valence-electron chi connectivity index (χ4n) is 1.46. The average molecular weight is 266 g/mol. The maximum Gasteiger partial charge on any atom is 0.337 e. The Labute approximate surface area is 107 Å². The van der Waals surface area contributed by atoms with Crippen LogP contribution < -0.4 is 5.73 Å². The molecule has 3 N–H and O–H groups in total. The number of aromatic nitrogens is 2. The van der Waals surface area contributed by atoms with E-state index in [1.54, 1.807) is 0 Å². The zero-order valence-corrected chi connectivity index (χ0v) is 9.76. The maximum absolute atomic E-state index is 11.1. The molecule has 1 amide bonds. The number of amides is 1. The van der Waals surface area contributed by atoms with Gasteiger partial charge in [-0.05, 0) is 24.3 Å². The first-order chi connectivity index (χ1) is 8.49. The molecular formula is C11H8ClN3O3. The quantitative estimate of drug-likeness (QED) is 0.874. The SMILES string of the molecule is NC(=O)c1ccn(-c2cc(Cl)ccc2C(=O)O)n1. The van der Waals surface area contributed by atoms with Crippen molar-refractivity contribution in [1.29, 1.82) is 0 Å². The van der Waals surface area contributed by atoms with E-state index >= 15 is 0 Å². The predicted octanol–water partition coefficient (Wildman–Crippen LogP) is 1.32. The summed E-state index contributed by atoms with van der Waals surface area (Å²) in [6.07, 6.45) is 1.44. The Bertz CT molecular complexity index is 636. The summed E-state index contributed by atoms with van der Waals surface area (Å²) in [6.45, 7) is 0. The van der Waals surface area contributed by atoms with E-state index in [1.807, 2.05) is 0 Å². The molecule has 7 heteroatoms. The van der Waals surface area contributed by atoms with Crippen molar-refractivity contribution in [1.82, 2.24) is 9.78 Å². The largest absolute Gasteiger partial charge is 0.478 e. The first-order valence-electron chi connectivity index (χ1n) is 4.87. The van der Waals surface area contributed by atoms with Gasteiger partial charge in [-0.25, -0.2) is 9.48 Å². The number of hydrogen-bond donors (Lipinski definition) is 2. The van der Waals surface area contributed by atoms with E-state index in [0.717, 1.165) is 0 Å². The lowest BCUT2D eigenvalue weighted by Crippen LogP contribution is -2.13. The molecule has 0 aliphatic carbocycles. The van der Waals surface area contributed by atoms with Gasteiger partial charge in [-0.2, -0.15) is 5.10 Å². The second-order valence-corrected chi connectivity index (χ2v) is 3.91. The fraction of sp³-hybridized carbons (Fsp3) is 0. The lowest BCUT2D eigenvalue weighted by Gasteiger charge is -2.06. The summed E-state index contributed by atoms with van der Waals surface area (Å²) in [5, 5.41) is 13.3. The van der Waals surface area contributed by atoms with Crippen LogP contribution in [0.1, 0.15) is 20.8 Å². The highest BCUT2D eigenvalue weighted by Crippen LogP contribution is 2.20. The number of rotatable bonds is 3. The van der Waals surface area contributed by atoms with Crippen LogP contribution in [0.4, 0.5) is 0 Å². The standard InChI is InChI=1S/C11H8ClN3O3/c12-6-1-2-7(11(17)18)9(5-6)15-4-3-8(14-15)10(13)16/h1-5H,(H2,13,16)(H,17,18). The highest BCUT2D eigenvalue weighted by Gasteiger charge is 2.14. The molecule has 0 radical (unpaired) electrons. The summed E-state index contributed by atoms with van der Waals surface area (Å²) < 4.78 is 1.25. The van der Waals surface area contributed by atoms with E-state index in [-0.39, 0.29) is 16.9 Å². The van der Waals surface area contributed by atoms with Gasteiger partial charge >= 0.3 is 5.97 Å². The highest BCUT2D eigenvalue weighted by molar-refractivity contribution is 6.30. The zero-order chi connectivity index (χ0) is 13.3. The van der Waals surface area contributed by atoms with Crippen LogP contribution in [0, 0.1) is 0 Å². The number of benzene rings is 1. The Morgan fingerprint density at radius 1 is 1.33 bits per heavy atom. The molecule has 92 valence electrons. The number of aromatic carboxylic acids is 1. The van der Waals surface area contributed by atoms with Gasteiger partial charge in [0.1, 0.15) is 5.69 Å². The Kier molecular flexibility index (Phi) is 3.03. The van der Waals surface area contributed by atoms with Crippen molar-refractivity contribution in [3.8, 4) is 5.69 Å². The van der Waals surface area contributed by atoms with Crippen LogP contribution in [-0.2, 0) is 0 Å². The molecular weight excluding hydrogens is 258 g/mol. The van der Waals surface area contributed by atoms with Gasteiger partial charge in [0.2, 0.25) is 0 Å². The molecule has 0 saturated heterocycles. The van der Waals surface area contributed by atoms with Gasteiger partial charge in [-0.1, -0.05) is 11.6 Å². The van der Waals surface area contributed by atoms with Gasteiger partial charge in [0.25, 0.3) is 5.91 Å². The molecule has 0 bridgehead atoms. The van der Waals surface area contributed by atoms with E-state index < -0.39 is 11.9 Å². The predicted molar refractivity (Wildman–Crippen MR) is 64.1 cm³/mol. The van der Waals surface area contributed by atoms with Crippen molar-refractivity contribution in [3.63, 3.8) is 0 Å². The van der Waals surface area contributed by atoms with Crippen LogP contribution in [0.25, 0.3) is 5.69 Å². The Morgan fingerprint density at radius 3 is 2.61 bits per heavy atom. The Balaban J connectivity index is 2.57. The third-order valence-corrected chi connectivity index (χ3v) is 2.51. The van der Waals surface area contributed by atoms with Gasteiger partial charge < -0.3 is 10.8 Å². The normalized spacial score (nSPS) is 10.3. The molecule has 18 heavy (non-hydrogen) atoms. The van der Waals surface area contributed by atoms with Gasteiger partial charge in [0.15, 0.2) is 0 Å². The van der Waals surface area contributed by atoms with Crippen molar-refractivity contribution >= 4 is 23.5 Å². The smallest absolute Gasteiger partial charge is 0.337 e. The zero-order valence-electron chi connectivity index (χ0n) is 9.00. The second-order valence-electron chi connectivity index (χ2n) is 3.48. The number of carboxylic acid groups (broad SMARTS) is 1. The van der Waals surface area contributed by atoms with Crippen LogP contribution in [0.2, 0.25) is 5.02 Å². The molecule has 0 aliphatic rings. The van der Waals surface area contributed by atoms with Crippen LogP contribution in [0.3, 0.4) is 0 Å². The number of carbonyl (C=O) groups excluding carboxylic acids is 1. The van der Waals surface area contributed by atoms with Crippen LogP contribution in [-0.4, -0.2) is 26.8 Å². The third kappa shape index (κ3) is 2.18. The molecule has 0 spiro atoms. The third-order valence-electron chi connectivity index (χ3n) is 2.28. The maximum atomic E-state index is 11.1. The van der Waals surface area contributed by atoms with Gasteiger partial charge in [-0.15, -0.1) is 0 Å². The number of primary amides is 1. The first kappa shape index (κ1) is 12.1. The van der Waals surface area contributed by atoms with Crippen molar-refractivity contribution in [3.05, 3.63) is 46.7 Å². The van der Waals surface area contributed by atoms with E-state index in [4.69, 9.17) is 22.4 Å². The van der Waals surface area contributed by atoms with Gasteiger partial charge in [-0.3, -0.25) is 4.79 Å². The molecule has 0 atom stereocenters. The first-order valence-corrected chi connectivity index (χ1v) is 5.25. The van der Waals surface area contributed by atoms with Crippen LogP contribution >= 0.6 is 11.6 Å². The fourth-order valence-corrected chi connectivity index (χ4v) is 1.63. The van der Waals surface area contributed by atoms with Gasteiger partial charge in [0.05, 0.1) is 11.3 Å². The summed E-state index contributed by atoms with van der Waals surface area (Å²) >= 11 is 5.82. The molecule has 1 aromatic carbocycles. The second kappa shape index (κ2) is 4.50. The number of nitrogens with zero attached hydrogens (tertiary/aromatic N) is 2. The monoisotopic (exact) mass is 265 g/mol. The topological polar surface area (TPSA) is 98.2 Å². The Hall–Kier alpha value is -2.34. The number of carboxylic acids is 1. The number of hydrogen-bond acceptors (Lipinski definition) is 3. The summed E-state index contributed by atoms with van der Waals surface area (Å²) in [5.41, 5.74) is 5.42. The molecule has 0 fully saturated rings. The molecule has 6 nitrogen and oxygen atoms in total. The summed E-state index contributed by atoms with van der Waals surface area (Å²) in [6, 6.07) is 5.68.